The van der Waals surface area contributed by atoms with Gasteiger partial charge in [0.15, 0.2) is 5.78 Å². The van der Waals surface area contributed by atoms with Gasteiger partial charge in [0.05, 0.1) is 6.61 Å². The Bertz CT molecular complexity index is 555. The minimum atomic E-state index is 0.245. The third kappa shape index (κ3) is 4.36. The highest BCUT2D eigenvalue weighted by Gasteiger charge is 2.31. The lowest BCUT2D eigenvalue weighted by Gasteiger charge is -2.34. The number of carbonyl (C=O) groups is 1. The van der Waals surface area contributed by atoms with E-state index < -0.39 is 0 Å². The van der Waals surface area contributed by atoms with Crippen molar-refractivity contribution in [1.29, 1.82) is 0 Å². The highest BCUT2D eigenvalue weighted by molar-refractivity contribution is 5.96. The summed E-state index contributed by atoms with van der Waals surface area (Å²) in [5.41, 5.74) is 2.10. The van der Waals surface area contributed by atoms with Crippen LogP contribution in [0.4, 0.5) is 5.69 Å². The first-order chi connectivity index (χ1) is 10.4. The van der Waals surface area contributed by atoms with Crippen molar-refractivity contribution in [1.82, 2.24) is 0 Å². The van der Waals surface area contributed by atoms with Gasteiger partial charge < -0.3 is 10.1 Å². The molecule has 0 radical (unpaired) electrons. The lowest BCUT2D eigenvalue weighted by molar-refractivity contribution is -0.117. The zero-order chi connectivity index (χ0) is 16.2. The normalized spacial score (nSPS) is 21.0. The Balaban J connectivity index is 2.07. The van der Waals surface area contributed by atoms with Crippen LogP contribution < -0.4 is 10.1 Å². The third-order valence-corrected chi connectivity index (χ3v) is 4.33. The molecule has 2 rings (SSSR count). The van der Waals surface area contributed by atoms with Crippen LogP contribution in [0, 0.1) is 11.3 Å². The number of ether oxygens (including phenoxy) is 1. The lowest BCUT2D eigenvalue weighted by atomic mass is 9.71. The van der Waals surface area contributed by atoms with Crippen molar-refractivity contribution in [3.8, 4) is 5.75 Å². The van der Waals surface area contributed by atoms with Gasteiger partial charge in [0.1, 0.15) is 5.75 Å². The SMILES string of the molecule is CCOc1cccc(NC=C2CC(C(C)(C)C)CCC2=O)c1. The number of nitrogens with one attached hydrogen (secondary N) is 1. The van der Waals surface area contributed by atoms with E-state index >= 15 is 0 Å². The lowest BCUT2D eigenvalue weighted by Crippen LogP contribution is -2.27. The first-order valence-corrected chi connectivity index (χ1v) is 8.12. The largest absolute Gasteiger partial charge is 0.494 e. The fraction of sp³-hybridized carbons (Fsp3) is 0.526. The molecular formula is C19H27NO2. The van der Waals surface area contributed by atoms with E-state index in [-0.39, 0.29) is 11.2 Å². The molecule has 0 aromatic heterocycles. The van der Waals surface area contributed by atoms with Gasteiger partial charge in [-0.3, -0.25) is 4.79 Å². The van der Waals surface area contributed by atoms with Gasteiger partial charge >= 0.3 is 0 Å². The average molecular weight is 301 g/mol. The summed E-state index contributed by atoms with van der Waals surface area (Å²) in [5.74, 6) is 1.68. The van der Waals surface area contributed by atoms with Crippen molar-refractivity contribution in [2.75, 3.05) is 11.9 Å². The summed E-state index contributed by atoms with van der Waals surface area (Å²) in [5, 5.41) is 3.25. The monoisotopic (exact) mass is 301 g/mol. The van der Waals surface area contributed by atoms with E-state index in [1.807, 2.05) is 37.4 Å². The van der Waals surface area contributed by atoms with Gasteiger partial charge in [-0.05, 0) is 43.2 Å². The van der Waals surface area contributed by atoms with Crippen molar-refractivity contribution in [2.45, 2.75) is 47.0 Å². The van der Waals surface area contributed by atoms with Gasteiger partial charge in [0, 0.05) is 29.9 Å². The number of hydrogen-bond acceptors (Lipinski definition) is 3. The number of hydrogen-bond donors (Lipinski definition) is 1. The van der Waals surface area contributed by atoms with Crippen molar-refractivity contribution in [3.05, 3.63) is 36.0 Å². The van der Waals surface area contributed by atoms with Gasteiger partial charge in [-0.1, -0.05) is 26.8 Å². The fourth-order valence-electron chi connectivity index (χ4n) is 2.84. The van der Waals surface area contributed by atoms with E-state index in [0.29, 0.717) is 18.9 Å². The van der Waals surface area contributed by atoms with E-state index in [0.717, 1.165) is 29.9 Å². The quantitative estimate of drug-likeness (QED) is 0.812. The van der Waals surface area contributed by atoms with Gasteiger partial charge in [-0.2, -0.15) is 0 Å². The van der Waals surface area contributed by atoms with Crippen LogP contribution in [0.5, 0.6) is 5.75 Å². The number of carbonyl (C=O) groups excluding carboxylic acids is 1. The number of anilines is 1. The summed E-state index contributed by atoms with van der Waals surface area (Å²) in [7, 11) is 0. The molecule has 0 bridgehead atoms. The van der Waals surface area contributed by atoms with Crippen molar-refractivity contribution in [2.24, 2.45) is 11.3 Å². The molecule has 120 valence electrons. The molecule has 1 aliphatic carbocycles. The Morgan fingerprint density at radius 3 is 2.82 bits per heavy atom. The van der Waals surface area contributed by atoms with E-state index in [1.165, 1.54) is 0 Å². The standard InChI is InChI=1S/C19H27NO2/c1-5-22-17-8-6-7-16(12-17)20-13-14-11-15(19(2,3)4)9-10-18(14)21/h6-8,12-13,15,20H,5,9-11H2,1-4H3. The minimum Gasteiger partial charge on any atom is -0.494 e. The number of ketones is 1. The molecule has 0 heterocycles. The number of benzene rings is 1. The molecule has 0 aliphatic heterocycles. The predicted molar refractivity (Wildman–Crippen MR) is 91.1 cm³/mol. The van der Waals surface area contributed by atoms with E-state index in [2.05, 4.69) is 26.1 Å². The molecule has 1 aliphatic rings. The van der Waals surface area contributed by atoms with Gasteiger partial charge in [0.2, 0.25) is 0 Å². The average Bonchev–Trinajstić information content (AvgIpc) is 2.46. The number of Topliss-reactive ketones (excluding diaryl/α,β-unsaturated/α-hetero) is 1. The van der Waals surface area contributed by atoms with Crippen molar-refractivity contribution >= 4 is 11.5 Å². The number of rotatable bonds is 4. The summed E-state index contributed by atoms with van der Waals surface area (Å²) in [6.45, 7) is 9.38. The topological polar surface area (TPSA) is 38.3 Å². The second kappa shape index (κ2) is 6.99. The van der Waals surface area contributed by atoms with Crippen LogP contribution in [0.25, 0.3) is 0 Å². The summed E-state index contributed by atoms with van der Waals surface area (Å²) >= 11 is 0. The Morgan fingerprint density at radius 2 is 2.14 bits per heavy atom. The Hall–Kier alpha value is -1.77. The number of allylic oxidation sites excluding steroid dienone is 1. The molecule has 0 amide bonds. The Labute approximate surface area is 133 Å². The molecule has 1 unspecified atom stereocenters. The maximum atomic E-state index is 12.1. The molecule has 1 N–H and O–H groups in total. The van der Waals surface area contributed by atoms with Gasteiger partial charge in [-0.25, -0.2) is 0 Å². The summed E-state index contributed by atoms with van der Waals surface area (Å²) in [6, 6.07) is 7.82. The smallest absolute Gasteiger partial charge is 0.160 e. The molecule has 3 heteroatoms. The van der Waals surface area contributed by atoms with Crippen LogP contribution in [0.2, 0.25) is 0 Å². The van der Waals surface area contributed by atoms with Crippen molar-refractivity contribution in [3.63, 3.8) is 0 Å². The zero-order valence-electron chi connectivity index (χ0n) is 14.1. The van der Waals surface area contributed by atoms with Gasteiger partial charge in [0.25, 0.3) is 0 Å². The molecule has 0 spiro atoms. The van der Waals surface area contributed by atoms with E-state index in [9.17, 15) is 4.79 Å². The molecule has 3 nitrogen and oxygen atoms in total. The predicted octanol–water partition coefficient (Wildman–Crippen LogP) is 4.80. The maximum Gasteiger partial charge on any atom is 0.160 e. The van der Waals surface area contributed by atoms with Crippen molar-refractivity contribution < 1.29 is 9.53 Å². The highest BCUT2D eigenvalue weighted by atomic mass is 16.5. The zero-order valence-corrected chi connectivity index (χ0v) is 14.1. The second-order valence-electron chi connectivity index (χ2n) is 7.00. The molecule has 1 fully saturated rings. The van der Waals surface area contributed by atoms with Crippen LogP contribution in [0.15, 0.2) is 36.0 Å². The summed E-state index contributed by atoms with van der Waals surface area (Å²) in [4.78, 5) is 12.1. The van der Waals surface area contributed by atoms with E-state index in [1.54, 1.807) is 0 Å². The molecule has 1 saturated carbocycles. The molecule has 1 atom stereocenters. The minimum absolute atomic E-state index is 0.245. The van der Waals surface area contributed by atoms with Crippen LogP contribution in [-0.4, -0.2) is 12.4 Å². The Kier molecular flexibility index (Phi) is 5.28. The molecule has 22 heavy (non-hydrogen) atoms. The second-order valence-corrected chi connectivity index (χ2v) is 7.00. The summed E-state index contributed by atoms with van der Waals surface area (Å²) in [6.07, 6.45) is 4.40. The van der Waals surface area contributed by atoms with E-state index in [4.69, 9.17) is 4.74 Å². The third-order valence-electron chi connectivity index (χ3n) is 4.33. The molecule has 0 saturated heterocycles. The first-order valence-electron chi connectivity index (χ1n) is 8.12. The van der Waals surface area contributed by atoms with Gasteiger partial charge in [-0.15, -0.1) is 0 Å². The first kappa shape index (κ1) is 16.6. The fourth-order valence-corrected chi connectivity index (χ4v) is 2.84. The highest BCUT2D eigenvalue weighted by Crippen LogP contribution is 2.38. The van der Waals surface area contributed by atoms with Crippen LogP contribution in [0.3, 0.4) is 0 Å². The molecule has 1 aromatic carbocycles. The summed E-state index contributed by atoms with van der Waals surface area (Å²) < 4.78 is 5.49. The molecular weight excluding hydrogens is 274 g/mol. The van der Waals surface area contributed by atoms with Crippen LogP contribution >= 0.6 is 0 Å². The maximum absolute atomic E-state index is 12.1. The van der Waals surface area contributed by atoms with Crippen LogP contribution in [0.1, 0.15) is 47.0 Å². The Morgan fingerprint density at radius 1 is 1.36 bits per heavy atom. The van der Waals surface area contributed by atoms with Crippen LogP contribution in [-0.2, 0) is 4.79 Å². The molecule has 1 aromatic rings.